The highest BCUT2D eigenvalue weighted by atomic mass is 16.3. The molecule has 0 bridgehead atoms. The number of aliphatic hydroxyl groups is 1. The van der Waals surface area contributed by atoms with Crippen LogP contribution in [0.2, 0.25) is 0 Å². The summed E-state index contributed by atoms with van der Waals surface area (Å²) in [5.74, 6) is -0.123. The van der Waals surface area contributed by atoms with Gasteiger partial charge in [0.1, 0.15) is 5.65 Å². The van der Waals surface area contributed by atoms with Crippen molar-refractivity contribution in [1.29, 1.82) is 0 Å². The second-order valence-electron chi connectivity index (χ2n) is 6.25. The highest BCUT2D eigenvalue weighted by Gasteiger charge is 2.13. The van der Waals surface area contributed by atoms with Gasteiger partial charge in [0, 0.05) is 43.9 Å². The standard InChI is InChI=1S/C19H22N4O2/c1-14-4-3-7-23-12-17(22-19(14)23)9-18(25)21-11-16(13-24)8-15-5-2-6-20-10-15/h2-7,10,12,16,24H,8-9,11,13H2,1H3,(H,21,25). The summed E-state index contributed by atoms with van der Waals surface area (Å²) < 4.78 is 1.93. The predicted molar refractivity (Wildman–Crippen MR) is 95.2 cm³/mol. The summed E-state index contributed by atoms with van der Waals surface area (Å²) >= 11 is 0. The fraction of sp³-hybridized carbons (Fsp3) is 0.316. The molecule has 0 saturated heterocycles. The van der Waals surface area contributed by atoms with Gasteiger partial charge in [-0.3, -0.25) is 9.78 Å². The molecule has 0 fully saturated rings. The number of hydrogen-bond donors (Lipinski definition) is 2. The Morgan fingerprint density at radius 1 is 1.36 bits per heavy atom. The van der Waals surface area contributed by atoms with Crippen LogP contribution in [0.3, 0.4) is 0 Å². The smallest absolute Gasteiger partial charge is 0.226 e. The van der Waals surface area contributed by atoms with E-state index in [4.69, 9.17) is 0 Å². The van der Waals surface area contributed by atoms with Crippen LogP contribution >= 0.6 is 0 Å². The molecule has 2 N–H and O–H groups in total. The average Bonchev–Trinajstić information content (AvgIpc) is 3.03. The second kappa shape index (κ2) is 7.90. The van der Waals surface area contributed by atoms with Gasteiger partial charge < -0.3 is 14.8 Å². The Labute approximate surface area is 146 Å². The number of pyridine rings is 2. The van der Waals surface area contributed by atoms with Crippen LogP contribution in [0.5, 0.6) is 0 Å². The molecule has 0 aliphatic heterocycles. The van der Waals surface area contributed by atoms with Gasteiger partial charge in [0.05, 0.1) is 12.1 Å². The van der Waals surface area contributed by atoms with Gasteiger partial charge >= 0.3 is 0 Å². The van der Waals surface area contributed by atoms with Crippen molar-refractivity contribution >= 4 is 11.6 Å². The van der Waals surface area contributed by atoms with Crippen molar-refractivity contribution in [3.05, 3.63) is 65.9 Å². The minimum absolute atomic E-state index is 0.0166. The SMILES string of the molecule is Cc1cccn2cc(CC(=O)NCC(CO)Cc3cccnc3)nc12. The number of aliphatic hydroxyl groups excluding tert-OH is 1. The number of amides is 1. The lowest BCUT2D eigenvalue weighted by Gasteiger charge is -2.14. The lowest BCUT2D eigenvalue weighted by Crippen LogP contribution is -2.32. The Bertz CT molecular complexity index is 845. The van der Waals surface area contributed by atoms with Gasteiger partial charge in [-0.2, -0.15) is 0 Å². The van der Waals surface area contributed by atoms with Crippen LogP contribution in [0.25, 0.3) is 5.65 Å². The fourth-order valence-corrected chi connectivity index (χ4v) is 2.83. The van der Waals surface area contributed by atoms with Gasteiger partial charge in [0.15, 0.2) is 0 Å². The number of nitrogens with one attached hydrogen (secondary N) is 1. The summed E-state index contributed by atoms with van der Waals surface area (Å²) in [5, 5.41) is 12.4. The molecule has 6 heteroatoms. The first-order valence-electron chi connectivity index (χ1n) is 8.35. The number of imidazole rings is 1. The topological polar surface area (TPSA) is 79.5 Å². The van der Waals surface area contributed by atoms with E-state index in [2.05, 4.69) is 15.3 Å². The van der Waals surface area contributed by atoms with Gasteiger partial charge in [-0.05, 0) is 36.6 Å². The van der Waals surface area contributed by atoms with Crippen molar-refractivity contribution < 1.29 is 9.90 Å². The van der Waals surface area contributed by atoms with Crippen LogP contribution in [-0.4, -0.2) is 38.5 Å². The molecule has 25 heavy (non-hydrogen) atoms. The molecule has 0 radical (unpaired) electrons. The van der Waals surface area contributed by atoms with Crippen LogP contribution in [0.1, 0.15) is 16.8 Å². The molecule has 0 spiro atoms. The Morgan fingerprint density at radius 2 is 2.24 bits per heavy atom. The maximum absolute atomic E-state index is 12.2. The normalized spacial score (nSPS) is 12.2. The lowest BCUT2D eigenvalue weighted by molar-refractivity contribution is -0.120. The molecule has 1 atom stereocenters. The molecule has 3 aromatic rings. The van der Waals surface area contributed by atoms with Crippen LogP contribution in [0.4, 0.5) is 0 Å². The Balaban J connectivity index is 1.55. The molecule has 0 aromatic carbocycles. The molecule has 1 unspecified atom stereocenters. The van der Waals surface area contributed by atoms with Gasteiger partial charge in [0.2, 0.25) is 5.91 Å². The van der Waals surface area contributed by atoms with Crippen molar-refractivity contribution in [3.8, 4) is 0 Å². The number of aromatic nitrogens is 3. The molecular weight excluding hydrogens is 316 g/mol. The zero-order chi connectivity index (χ0) is 17.6. The number of rotatable bonds is 7. The second-order valence-corrected chi connectivity index (χ2v) is 6.25. The largest absolute Gasteiger partial charge is 0.396 e. The number of aryl methyl sites for hydroxylation is 1. The Morgan fingerprint density at radius 3 is 2.96 bits per heavy atom. The third-order valence-corrected chi connectivity index (χ3v) is 4.16. The average molecular weight is 338 g/mol. The number of hydrogen-bond acceptors (Lipinski definition) is 4. The first-order valence-corrected chi connectivity index (χ1v) is 8.35. The summed E-state index contributed by atoms with van der Waals surface area (Å²) in [6.45, 7) is 2.44. The van der Waals surface area contributed by atoms with Crippen molar-refractivity contribution in [2.24, 2.45) is 5.92 Å². The number of carbonyl (C=O) groups is 1. The number of nitrogens with zero attached hydrogens (tertiary/aromatic N) is 3. The Kier molecular flexibility index (Phi) is 5.40. The minimum atomic E-state index is -0.0919. The Hall–Kier alpha value is -2.73. The molecule has 3 heterocycles. The zero-order valence-electron chi connectivity index (χ0n) is 14.2. The van der Waals surface area contributed by atoms with Gasteiger partial charge in [0.25, 0.3) is 0 Å². The molecule has 3 rings (SSSR count). The van der Waals surface area contributed by atoms with E-state index in [1.54, 1.807) is 12.4 Å². The van der Waals surface area contributed by atoms with Gasteiger partial charge in [-0.15, -0.1) is 0 Å². The molecule has 0 aliphatic rings. The van der Waals surface area contributed by atoms with Crippen LogP contribution < -0.4 is 5.32 Å². The molecule has 130 valence electrons. The highest BCUT2D eigenvalue weighted by Crippen LogP contribution is 2.10. The van der Waals surface area contributed by atoms with Crippen molar-refractivity contribution in [3.63, 3.8) is 0 Å². The van der Waals surface area contributed by atoms with E-state index in [-0.39, 0.29) is 24.9 Å². The van der Waals surface area contributed by atoms with E-state index < -0.39 is 0 Å². The fourth-order valence-electron chi connectivity index (χ4n) is 2.83. The molecule has 0 aliphatic carbocycles. The quantitative estimate of drug-likeness (QED) is 0.685. The van der Waals surface area contributed by atoms with E-state index in [9.17, 15) is 9.90 Å². The minimum Gasteiger partial charge on any atom is -0.396 e. The molecule has 6 nitrogen and oxygen atoms in total. The summed E-state index contributed by atoms with van der Waals surface area (Å²) in [6.07, 6.45) is 8.21. The highest BCUT2D eigenvalue weighted by molar-refractivity contribution is 5.78. The molecule has 3 aromatic heterocycles. The van der Waals surface area contributed by atoms with E-state index in [0.29, 0.717) is 13.0 Å². The van der Waals surface area contributed by atoms with Crippen molar-refractivity contribution in [2.45, 2.75) is 19.8 Å². The van der Waals surface area contributed by atoms with E-state index in [1.807, 2.05) is 48.0 Å². The van der Waals surface area contributed by atoms with Crippen LogP contribution in [0, 0.1) is 12.8 Å². The number of fused-ring (bicyclic) bond motifs is 1. The van der Waals surface area contributed by atoms with Crippen LogP contribution in [-0.2, 0) is 17.6 Å². The number of carbonyl (C=O) groups excluding carboxylic acids is 1. The van der Waals surface area contributed by atoms with E-state index in [1.165, 1.54) is 0 Å². The monoisotopic (exact) mass is 338 g/mol. The lowest BCUT2D eigenvalue weighted by atomic mass is 10.0. The molecular formula is C19H22N4O2. The third kappa shape index (κ3) is 4.42. The van der Waals surface area contributed by atoms with Crippen LogP contribution in [0.15, 0.2) is 49.1 Å². The summed E-state index contributed by atoms with van der Waals surface area (Å²) in [6, 6.07) is 7.79. The van der Waals surface area contributed by atoms with Gasteiger partial charge in [-0.1, -0.05) is 12.1 Å². The van der Waals surface area contributed by atoms with Crippen molar-refractivity contribution in [2.75, 3.05) is 13.2 Å². The van der Waals surface area contributed by atoms with E-state index in [0.717, 1.165) is 22.5 Å². The maximum Gasteiger partial charge on any atom is 0.226 e. The summed E-state index contributed by atoms with van der Waals surface area (Å²) in [4.78, 5) is 20.8. The van der Waals surface area contributed by atoms with E-state index >= 15 is 0 Å². The van der Waals surface area contributed by atoms with Crippen molar-refractivity contribution in [1.82, 2.24) is 19.7 Å². The van der Waals surface area contributed by atoms with Gasteiger partial charge in [-0.25, -0.2) is 4.98 Å². The summed E-state index contributed by atoms with van der Waals surface area (Å²) in [7, 11) is 0. The first kappa shape index (κ1) is 17.1. The third-order valence-electron chi connectivity index (χ3n) is 4.16. The molecule has 0 saturated carbocycles. The predicted octanol–water partition coefficient (Wildman–Crippen LogP) is 1.55. The summed E-state index contributed by atoms with van der Waals surface area (Å²) in [5.41, 5.74) is 3.73. The molecule has 1 amide bonds. The first-order chi connectivity index (χ1) is 12.2. The maximum atomic E-state index is 12.2. The zero-order valence-corrected chi connectivity index (χ0v) is 14.2.